The highest BCUT2D eigenvalue weighted by Crippen LogP contribution is 2.20. The summed E-state index contributed by atoms with van der Waals surface area (Å²) < 4.78 is 4.22. The second-order valence-corrected chi connectivity index (χ2v) is 8.02. The van der Waals surface area contributed by atoms with Crippen LogP contribution in [0.4, 0.5) is 5.95 Å². The molecule has 0 aliphatic heterocycles. The maximum Gasteiger partial charge on any atom is 0.332 e. The van der Waals surface area contributed by atoms with E-state index in [0.29, 0.717) is 41.5 Å². The molecule has 0 aromatic carbocycles. The Kier molecular flexibility index (Phi) is 5.50. The highest BCUT2D eigenvalue weighted by Gasteiger charge is 2.24. The number of hydrogen-bond acceptors (Lipinski definition) is 7. The minimum atomic E-state index is -0.517. The number of nitriles is 1. The Hall–Kier alpha value is -3.45. The van der Waals surface area contributed by atoms with Crippen molar-refractivity contribution in [2.24, 2.45) is 12.8 Å². The number of rotatable bonds is 6. The summed E-state index contributed by atoms with van der Waals surface area (Å²) in [6.07, 6.45) is 1.53. The molecule has 0 aliphatic carbocycles. The molecule has 0 fully saturated rings. The summed E-state index contributed by atoms with van der Waals surface area (Å²) in [6.45, 7) is 6.63. The average Bonchev–Trinajstić information content (AvgIpc) is 3.08. The zero-order chi connectivity index (χ0) is 22.2. The largest absolute Gasteiger partial charge is 0.343 e. The molecule has 0 bridgehead atoms. The van der Waals surface area contributed by atoms with Gasteiger partial charge >= 0.3 is 5.69 Å². The number of nitrogens with two attached hydrogens (primary N) is 1. The first-order valence-corrected chi connectivity index (χ1v) is 9.63. The number of pyridine rings is 1. The Morgan fingerprint density at radius 2 is 2.00 bits per heavy atom. The molecule has 3 aromatic heterocycles. The van der Waals surface area contributed by atoms with Crippen LogP contribution in [0, 0.1) is 11.3 Å². The molecule has 0 saturated carbocycles. The van der Waals surface area contributed by atoms with Gasteiger partial charge in [-0.25, -0.2) is 4.79 Å². The molecule has 2 N–H and O–H groups in total. The smallest absolute Gasteiger partial charge is 0.332 e. The number of imidazole rings is 1. The number of fused-ring (bicyclic) bond motifs is 1. The molecule has 0 aliphatic rings. The maximum atomic E-state index is 13.3. The van der Waals surface area contributed by atoms with Crippen LogP contribution in [0.3, 0.4) is 0 Å². The van der Waals surface area contributed by atoms with E-state index in [1.165, 1.54) is 10.8 Å². The predicted molar refractivity (Wildman–Crippen MR) is 114 cm³/mol. The minimum absolute atomic E-state index is 0.0962. The van der Waals surface area contributed by atoms with Crippen LogP contribution in [0.5, 0.6) is 0 Å². The van der Waals surface area contributed by atoms with Crippen LogP contribution in [0.15, 0.2) is 27.9 Å². The quantitative estimate of drug-likeness (QED) is 0.623. The fraction of sp³-hybridized carbons (Fsp3) is 0.450. The molecule has 0 radical (unpaired) electrons. The third-order valence-corrected chi connectivity index (χ3v) is 4.83. The molecule has 0 amide bonds. The van der Waals surface area contributed by atoms with E-state index in [9.17, 15) is 14.9 Å². The van der Waals surface area contributed by atoms with Crippen molar-refractivity contribution in [3.63, 3.8) is 0 Å². The van der Waals surface area contributed by atoms with E-state index >= 15 is 0 Å². The van der Waals surface area contributed by atoms with Gasteiger partial charge in [0.15, 0.2) is 11.2 Å². The molecule has 0 spiro atoms. The number of anilines is 1. The SMILES string of the molecule is CCn1c(N(C)CC(C)(C)N)nc2c1c(=O)n(Cc1ncccc1C#N)c(=O)n2C. The summed E-state index contributed by atoms with van der Waals surface area (Å²) in [6, 6.07) is 5.29. The van der Waals surface area contributed by atoms with Crippen LogP contribution < -0.4 is 21.9 Å². The second-order valence-electron chi connectivity index (χ2n) is 8.02. The lowest BCUT2D eigenvalue weighted by Crippen LogP contribution is -2.44. The van der Waals surface area contributed by atoms with Crippen molar-refractivity contribution in [3.05, 3.63) is 50.4 Å². The van der Waals surface area contributed by atoms with Crippen LogP contribution in [-0.2, 0) is 20.1 Å². The third kappa shape index (κ3) is 3.71. The number of likely N-dealkylation sites (N-methyl/N-ethyl adjacent to an activating group) is 1. The first-order valence-electron chi connectivity index (χ1n) is 9.63. The molecular weight excluding hydrogens is 384 g/mol. The second kappa shape index (κ2) is 7.76. The van der Waals surface area contributed by atoms with Gasteiger partial charge in [-0.05, 0) is 32.9 Å². The number of aryl methyl sites for hydroxylation is 2. The maximum absolute atomic E-state index is 13.3. The van der Waals surface area contributed by atoms with Gasteiger partial charge < -0.3 is 15.2 Å². The van der Waals surface area contributed by atoms with Crippen molar-refractivity contribution >= 4 is 17.1 Å². The summed E-state index contributed by atoms with van der Waals surface area (Å²) in [4.78, 5) is 36.9. The van der Waals surface area contributed by atoms with Crippen molar-refractivity contribution in [2.45, 2.75) is 39.4 Å². The van der Waals surface area contributed by atoms with Gasteiger partial charge in [0.2, 0.25) is 5.95 Å². The molecular formula is C20H26N8O2. The van der Waals surface area contributed by atoms with E-state index in [4.69, 9.17) is 5.73 Å². The Labute approximate surface area is 173 Å². The van der Waals surface area contributed by atoms with E-state index in [-0.39, 0.29) is 6.54 Å². The molecule has 0 unspecified atom stereocenters. The third-order valence-electron chi connectivity index (χ3n) is 4.83. The van der Waals surface area contributed by atoms with Gasteiger partial charge in [0.05, 0.1) is 17.8 Å². The van der Waals surface area contributed by atoms with Crippen LogP contribution in [0.25, 0.3) is 11.2 Å². The normalized spacial score (nSPS) is 11.6. The fourth-order valence-corrected chi connectivity index (χ4v) is 3.59. The van der Waals surface area contributed by atoms with Crippen LogP contribution in [0.2, 0.25) is 0 Å². The number of aromatic nitrogens is 5. The Morgan fingerprint density at radius 1 is 1.30 bits per heavy atom. The summed E-state index contributed by atoms with van der Waals surface area (Å²) in [7, 11) is 3.43. The fourth-order valence-electron chi connectivity index (χ4n) is 3.59. The van der Waals surface area contributed by atoms with Gasteiger partial charge in [0, 0.05) is 38.9 Å². The number of nitrogens with zero attached hydrogens (tertiary/aromatic N) is 7. The molecule has 10 nitrogen and oxygen atoms in total. The Bertz CT molecular complexity index is 1250. The van der Waals surface area contributed by atoms with Gasteiger partial charge in [0.1, 0.15) is 6.07 Å². The first kappa shape index (κ1) is 21.3. The summed E-state index contributed by atoms with van der Waals surface area (Å²) in [5, 5.41) is 9.31. The standard InChI is InChI=1S/C20H26N8O2/c1-6-27-15-16(24-18(27)25(4)12-20(2,3)22)26(5)19(30)28(17(15)29)11-14-13(10-21)8-7-9-23-14/h7-9H,6,11-12,22H2,1-5H3. The van der Waals surface area contributed by atoms with E-state index < -0.39 is 16.8 Å². The molecule has 3 rings (SSSR count). The van der Waals surface area contributed by atoms with Crippen molar-refractivity contribution in [1.29, 1.82) is 5.26 Å². The monoisotopic (exact) mass is 410 g/mol. The summed E-state index contributed by atoms with van der Waals surface area (Å²) in [5.74, 6) is 0.562. The lowest BCUT2D eigenvalue weighted by atomic mass is 10.1. The van der Waals surface area contributed by atoms with Crippen LogP contribution in [0.1, 0.15) is 32.0 Å². The highest BCUT2D eigenvalue weighted by molar-refractivity contribution is 5.74. The Balaban J connectivity index is 2.24. The molecule has 0 saturated heterocycles. The molecule has 158 valence electrons. The topological polar surface area (TPSA) is 128 Å². The highest BCUT2D eigenvalue weighted by atomic mass is 16.2. The molecule has 0 atom stereocenters. The van der Waals surface area contributed by atoms with E-state index in [2.05, 4.69) is 9.97 Å². The van der Waals surface area contributed by atoms with Crippen molar-refractivity contribution in [3.8, 4) is 6.07 Å². The molecule has 3 aromatic rings. The van der Waals surface area contributed by atoms with Crippen molar-refractivity contribution < 1.29 is 0 Å². The lowest BCUT2D eigenvalue weighted by Gasteiger charge is -2.27. The van der Waals surface area contributed by atoms with Gasteiger partial charge in [-0.3, -0.25) is 18.9 Å². The van der Waals surface area contributed by atoms with Crippen molar-refractivity contribution in [2.75, 3.05) is 18.5 Å². The van der Waals surface area contributed by atoms with Crippen molar-refractivity contribution in [1.82, 2.24) is 23.7 Å². The Morgan fingerprint density at radius 3 is 2.60 bits per heavy atom. The van der Waals surface area contributed by atoms with Crippen LogP contribution >= 0.6 is 0 Å². The van der Waals surface area contributed by atoms with Gasteiger partial charge in [-0.15, -0.1) is 0 Å². The molecule has 30 heavy (non-hydrogen) atoms. The van der Waals surface area contributed by atoms with Gasteiger partial charge in [-0.1, -0.05) is 0 Å². The molecule has 10 heteroatoms. The predicted octanol–water partition coefficient (Wildman–Crippen LogP) is 0.405. The average molecular weight is 410 g/mol. The number of hydrogen-bond donors (Lipinski definition) is 1. The molecule has 3 heterocycles. The van der Waals surface area contributed by atoms with E-state index in [1.807, 2.05) is 38.8 Å². The summed E-state index contributed by atoms with van der Waals surface area (Å²) in [5.41, 5.74) is 6.01. The summed E-state index contributed by atoms with van der Waals surface area (Å²) >= 11 is 0. The van der Waals surface area contributed by atoms with E-state index in [1.54, 1.807) is 23.7 Å². The van der Waals surface area contributed by atoms with Gasteiger partial charge in [-0.2, -0.15) is 10.2 Å². The van der Waals surface area contributed by atoms with Gasteiger partial charge in [0.25, 0.3) is 5.56 Å². The zero-order valence-electron chi connectivity index (χ0n) is 17.9. The minimum Gasteiger partial charge on any atom is -0.343 e. The van der Waals surface area contributed by atoms with E-state index in [0.717, 1.165) is 4.57 Å². The lowest BCUT2D eigenvalue weighted by molar-refractivity contribution is 0.511. The zero-order valence-corrected chi connectivity index (χ0v) is 17.9. The first-order chi connectivity index (χ1) is 14.1. The van der Waals surface area contributed by atoms with Crippen LogP contribution in [-0.4, -0.2) is 42.8 Å².